The van der Waals surface area contributed by atoms with Crippen molar-refractivity contribution in [2.24, 2.45) is 0 Å². The van der Waals surface area contributed by atoms with E-state index in [2.05, 4.69) is 15.3 Å². The third-order valence-electron chi connectivity index (χ3n) is 5.36. The number of aromatic amines is 1. The number of anilines is 1. The molecule has 2 heterocycles. The molecule has 0 saturated heterocycles. The van der Waals surface area contributed by atoms with E-state index in [0.29, 0.717) is 40.3 Å². The fourth-order valence-electron chi connectivity index (χ4n) is 3.63. The zero-order valence-electron chi connectivity index (χ0n) is 18.2. The van der Waals surface area contributed by atoms with E-state index in [1.807, 2.05) is 50.2 Å². The smallest absolute Gasteiger partial charge is 0.262 e. The van der Waals surface area contributed by atoms with E-state index in [0.717, 1.165) is 30.3 Å². The molecule has 0 aliphatic rings. The molecule has 4 aromatic rings. The van der Waals surface area contributed by atoms with Gasteiger partial charge in [0.2, 0.25) is 5.91 Å². The first kappa shape index (κ1) is 22.0. The molecule has 166 valence electrons. The van der Waals surface area contributed by atoms with Crippen molar-refractivity contribution in [3.05, 3.63) is 63.5 Å². The molecular formula is C24H26N4O3S. The Morgan fingerprint density at radius 3 is 2.81 bits per heavy atom. The number of H-pyrrole nitrogens is 1. The van der Waals surface area contributed by atoms with Crippen LogP contribution < -0.4 is 10.9 Å². The van der Waals surface area contributed by atoms with Crippen molar-refractivity contribution < 1.29 is 9.21 Å². The molecular weight excluding hydrogens is 424 g/mol. The summed E-state index contributed by atoms with van der Waals surface area (Å²) in [4.78, 5) is 32.6. The minimum Gasteiger partial charge on any atom is -0.440 e. The molecule has 0 aliphatic heterocycles. The first-order valence-corrected chi connectivity index (χ1v) is 11.3. The number of carbonyl (C=O) groups excluding carboxylic acids is 1. The van der Waals surface area contributed by atoms with E-state index < -0.39 is 0 Å². The SMILES string of the molecule is CC(C)c1nc2cc(NC(=O)CCCCCn3c(=S)[nH]c4ccccc4c3=O)ccc2o1. The first-order chi connectivity index (χ1) is 15.4. The number of nitrogens with zero attached hydrogens (tertiary/aromatic N) is 2. The maximum atomic E-state index is 12.7. The highest BCUT2D eigenvalue weighted by Crippen LogP contribution is 2.24. The van der Waals surface area contributed by atoms with Crippen LogP contribution in [-0.2, 0) is 11.3 Å². The Bertz CT molecular complexity index is 1380. The molecule has 0 fully saturated rings. The normalized spacial score (nSPS) is 11.5. The van der Waals surface area contributed by atoms with E-state index in [1.54, 1.807) is 10.6 Å². The lowest BCUT2D eigenvalue weighted by molar-refractivity contribution is -0.116. The zero-order chi connectivity index (χ0) is 22.7. The van der Waals surface area contributed by atoms with E-state index in [1.165, 1.54) is 0 Å². The molecule has 7 nitrogen and oxygen atoms in total. The monoisotopic (exact) mass is 450 g/mol. The number of hydrogen-bond donors (Lipinski definition) is 2. The minimum absolute atomic E-state index is 0.0444. The van der Waals surface area contributed by atoms with Gasteiger partial charge in [0, 0.05) is 24.6 Å². The van der Waals surface area contributed by atoms with Crippen molar-refractivity contribution in [3.8, 4) is 0 Å². The molecule has 32 heavy (non-hydrogen) atoms. The third kappa shape index (κ3) is 4.80. The Labute approximate surface area is 190 Å². The van der Waals surface area contributed by atoms with Gasteiger partial charge in [-0.15, -0.1) is 0 Å². The van der Waals surface area contributed by atoms with Gasteiger partial charge in [-0.2, -0.15) is 0 Å². The molecule has 0 atom stereocenters. The Morgan fingerprint density at radius 2 is 2.00 bits per heavy atom. The number of para-hydroxylation sites is 1. The summed E-state index contributed by atoms with van der Waals surface area (Å²) in [5.41, 5.74) is 2.84. The number of hydrogen-bond acceptors (Lipinski definition) is 5. The predicted molar refractivity (Wildman–Crippen MR) is 129 cm³/mol. The van der Waals surface area contributed by atoms with Crippen LogP contribution in [0.4, 0.5) is 5.69 Å². The fourth-order valence-corrected chi connectivity index (χ4v) is 3.91. The van der Waals surface area contributed by atoms with Crippen molar-refractivity contribution in [2.75, 3.05) is 5.32 Å². The van der Waals surface area contributed by atoms with Gasteiger partial charge >= 0.3 is 0 Å². The number of amides is 1. The molecule has 0 radical (unpaired) electrons. The molecule has 2 aromatic heterocycles. The van der Waals surface area contributed by atoms with Crippen LogP contribution in [0.3, 0.4) is 0 Å². The Morgan fingerprint density at radius 1 is 1.19 bits per heavy atom. The summed E-state index contributed by atoms with van der Waals surface area (Å²) in [5.74, 6) is 0.853. The summed E-state index contributed by atoms with van der Waals surface area (Å²) < 4.78 is 7.72. The summed E-state index contributed by atoms with van der Waals surface area (Å²) >= 11 is 5.34. The molecule has 4 rings (SSSR count). The highest BCUT2D eigenvalue weighted by atomic mass is 32.1. The lowest BCUT2D eigenvalue weighted by Crippen LogP contribution is -2.22. The van der Waals surface area contributed by atoms with Gasteiger partial charge in [-0.25, -0.2) is 4.98 Å². The Balaban J connectivity index is 1.28. The van der Waals surface area contributed by atoms with Gasteiger partial charge in [-0.1, -0.05) is 32.4 Å². The molecule has 8 heteroatoms. The molecule has 2 N–H and O–H groups in total. The fraction of sp³-hybridized carbons (Fsp3) is 0.333. The van der Waals surface area contributed by atoms with Crippen molar-refractivity contribution >= 4 is 45.8 Å². The number of benzene rings is 2. The molecule has 1 amide bonds. The molecule has 0 spiro atoms. The number of fused-ring (bicyclic) bond motifs is 2. The molecule has 0 aliphatic carbocycles. The lowest BCUT2D eigenvalue weighted by atomic mass is 10.1. The Hall–Kier alpha value is -3.26. The quantitative estimate of drug-likeness (QED) is 0.272. The molecule has 0 bridgehead atoms. The van der Waals surface area contributed by atoms with Crippen molar-refractivity contribution in [1.82, 2.24) is 14.5 Å². The maximum Gasteiger partial charge on any atom is 0.262 e. The van der Waals surface area contributed by atoms with Gasteiger partial charge in [0.25, 0.3) is 5.56 Å². The van der Waals surface area contributed by atoms with Gasteiger partial charge in [-0.05, 0) is 55.4 Å². The second-order valence-corrected chi connectivity index (χ2v) is 8.57. The predicted octanol–water partition coefficient (Wildman–Crippen LogP) is 5.52. The van der Waals surface area contributed by atoms with Gasteiger partial charge in [0.15, 0.2) is 16.2 Å². The lowest BCUT2D eigenvalue weighted by Gasteiger charge is -2.08. The number of unbranched alkanes of at least 4 members (excludes halogenated alkanes) is 2. The van der Waals surface area contributed by atoms with E-state index in [-0.39, 0.29) is 17.4 Å². The highest BCUT2D eigenvalue weighted by Gasteiger charge is 2.11. The summed E-state index contributed by atoms with van der Waals surface area (Å²) in [7, 11) is 0. The van der Waals surface area contributed by atoms with Crippen molar-refractivity contribution in [2.45, 2.75) is 52.0 Å². The summed E-state index contributed by atoms with van der Waals surface area (Å²) in [6.07, 6.45) is 2.73. The maximum absolute atomic E-state index is 12.7. The largest absolute Gasteiger partial charge is 0.440 e. The van der Waals surface area contributed by atoms with Crippen LogP contribution in [-0.4, -0.2) is 20.4 Å². The van der Waals surface area contributed by atoms with Crippen LogP contribution in [0, 0.1) is 4.77 Å². The van der Waals surface area contributed by atoms with Crippen LogP contribution >= 0.6 is 12.2 Å². The minimum atomic E-state index is -0.0778. The van der Waals surface area contributed by atoms with Crippen molar-refractivity contribution in [1.29, 1.82) is 0 Å². The van der Waals surface area contributed by atoms with Crippen LogP contribution in [0.25, 0.3) is 22.0 Å². The molecule has 0 unspecified atom stereocenters. The first-order valence-electron chi connectivity index (χ1n) is 10.8. The number of aromatic nitrogens is 3. The second-order valence-electron chi connectivity index (χ2n) is 8.18. The number of nitrogens with one attached hydrogen (secondary N) is 2. The third-order valence-corrected chi connectivity index (χ3v) is 5.68. The standard InChI is InChI=1S/C24H26N4O3S/c1-15(2)22-26-19-14-16(11-12-20(19)31-22)25-21(29)10-4-3-7-13-28-23(30)17-8-5-6-9-18(17)27-24(28)32/h5-6,8-9,11-12,14-15H,3-4,7,10,13H2,1-2H3,(H,25,29)(H,27,32). The topological polar surface area (TPSA) is 92.9 Å². The average molecular weight is 451 g/mol. The van der Waals surface area contributed by atoms with E-state index >= 15 is 0 Å². The summed E-state index contributed by atoms with van der Waals surface area (Å²) in [5, 5.41) is 3.55. The number of rotatable bonds is 8. The number of carbonyl (C=O) groups is 1. The molecule has 2 aromatic carbocycles. The molecule has 0 saturated carbocycles. The van der Waals surface area contributed by atoms with Crippen LogP contribution in [0.5, 0.6) is 0 Å². The van der Waals surface area contributed by atoms with Gasteiger partial charge in [0.1, 0.15) is 5.52 Å². The number of oxazole rings is 1. The average Bonchev–Trinajstić information content (AvgIpc) is 3.19. The highest BCUT2D eigenvalue weighted by molar-refractivity contribution is 7.71. The van der Waals surface area contributed by atoms with E-state index in [4.69, 9.17) is 16.6 Å². The summed E-state index contributed by atoms with van der Waals surface area (Å²) in [6.45, 7) is 4.58. The van der Waals surface area contributed by atoms with Crippen LogP contribution in [0.2, 0.25) is 0 Å². The van der Waals surface area contributed by atoms with Crippen LogP contribution in [0.15, 0.2) is 51.7 Å². The van der Waals surface area contributed by atoms with Crippen LogP contribution in [0.1, 0.15) is 51.3 Å². The zero-order valence-corrected chi connectivity index (χ0v) is 19.0. The van der Waals surface area contributed by atoms with Gasteiger partial charge in [-0.3, -0.25) is 14.2 Å². The Kier molecular flexibility index (Phi) is 6.50. The van der Waals surface area contributed by atoms with Gasteiger partial charge < -0.3 is 14.7 Å². The van der Waals surface area contributed by atoms with Crippen molar-refractivity contribution in [3.63, 3.8) is 0 Å². The van der Waals surface area contributed by atoms with E-state index in [9.17, 15) is 9.59 Å². The van der Waals surface area contributed by atoms with Gasteiger partial charge in [0.05, 0.1) is 10.9 Å². The second kappa shape index (κ2) is 9.48. The summed E-state index contributed by atoms with van der Waals surface area (Å²) in [6, 6.07) is 12.8.